The van der Waals surface area contributed by atoms with Crippen molar-refractivity contribution in [2.24, 2.45) is 0 Å². The van der Waals surface area contributed by atoms with Crippen LogP contribution in [0.2, 0.25) is 0 Å². The summed E-state index contributed by atoms with van der Waals surface area (Å²) in [6.07, 6.45) is 3.44. The zero-order valence-electron chi connectivity index (χ0n) is 17.2. The molecule has 0 saturated carbocycles. The Bertz CT molecular complexity index is 1200. The highest BCUT2D eigenvalue weighted by Crippen LogP contribution is 2.28. The average Bonchev–Trinajstić information content (AvgIpc) is 3.20. The minimum Gasteiger partial charge on any atom is -0.353 e. The van der Waals surface area contributed by atoms with Gasteiger partial charge in [0.05, 0.1) is 11.9 Å². The molecule has 7 nitrogen and oxygen atoms in total. The van der Waals surface area contributed by atoms with Gasteiger partial charge in [0.2, 0.25) is 0 Å². The van der Waals surface area contributed by atoms with Gasteiger partial charge in [-0.2, -0.15) is 0 Å². The molecular formula is C22H24FN7. The summed E-state index contributed by atoms with van der Waals surface area (Å²) in [6, 6.07) is 9.76. The Kier molecular flexibility index (Phi) is 4.51. The lowest BCUT2D eigenvalue weighted by Crippen LogP contribution is -2.54. The number of pyridine rings is 1. The molecule has 4 aromatic rings. The Morgan fingerprint density at radius 2 is 1.90 bits per heavy atom. The molecule has 2 unspecified atom stereocenters. The van der Waals surface area contributed by atoms with Crippen LogP contribution < -0.4 is 15.5 Å². The van der Waals surface area contributed by atoms with Gasteiger partial charge >= 0.3 is 0 Å². The average molecular weight is 405 g/mol. The molecule has 1 aliphatic heterocycles. The Morgan fingerprint density at radius 1 is 1.10 bits per heavy atom. The molecule has 154 valence electrons. The predicted octanol–water partition coefficient (Wildman–Crippen LogP) is 3.66. The fourth-order valence-corrected chi connectivity index (χ4v) is 4.20. The van der Waals surface area contributed by atoms with E-state index in [4.69, 9.17) is 9.97 Å². The van der Waals surface area contributed by atoms with Gasteiger partial charge in [-0.05, 0) is 44.5 Å². The predicted molar refractivity (Wildman–Crippen MR) is 117 cm³/mol. The third-order valence-electron chi connectivity index (χ3n) is 5.53. The molecule has 0 amide bonds. The van der Waals surface area contributed by atoms with E-state index in [0.717, 1.165) is 41.2 Å². The summed E-state index contributed by atoms with van der Waals surface area (Å²) in [4.78, 5) is 16.2. The molecule has 2 N–H and O–H groups in total. The van der Waals surface area contributed by atoms with E-state index in [0.29, 0.717) is 23.6 Å². The van der Waals surface area contributed by atoms with Crippen molar-refractivity contribution in [2.75, 3.05) is 23.3 Å². The third-order valence-corrected chi connectivity index (χ3v) is 5.53. The zero-order chi connectivity index (χ0) is 20.8. The van der Waals surface area contributed by atoms with Gasteiger partial charge in [0, 0.05) is 25.2 Å². The van der Waals surface area contributed by atoms with Crippen LogP contribution >= 0.6 is 0 Å². The van der Waals surface area contributed by atoms with Crippen LogP contribution in [0.3, 0.4) is 0 Å². The summed E-state index contributed by atoms with van der Waals surface area (Å²) < 4.78 is 16.3. The Balaban J connectivity index is 1.59. The highest BCUT2D eigenvalue weighted by atomic mass is 19.1. The maximum Gasteiger partial charge on any atom is 0.166 e. The molecule has 1 saturated heterocycles. The number of nitrogens with one attached hydrogen (secondary N) is 2. The lowest BCUT2D eigenvalue weighted by molar-refractivity contribution is 0.405. The van der Waals surface area contributed by atoms with Crippen molar-refractivity contribution in [3.63, 3.8) is 0 Å². The molecule has 2 atom stereocenters. The van der Waals surface area contributed by atoms with Crippen molar-refractivity contribution in [1.82, 2.24) is 24.7 Å². The van der Waals surface area contributed by atoms with Gasteiger partial charge in [0.1, 0.15) is 29.0 Å². The fraction of sp³-hybridized carbons (Fsp3) is 0.318. The van der Waals surface area contributed by atoms with E-state index in [1.807, 2.05) is 29.5 Å². The van der Waals surface area contributed by atoms with Gasteiger partial charge in [-0.1, -0.05) is 12.1 Å². The van der Waals surface area contributed by atoms with Crippen molar-refractivity contribution in [3.8, 4) is 0 Å². The number of nitrogens with zero attached hydrogens (tertiary/aromatic N) is 5. The number of rotatable bonds is 3. The van der Waals surface area contributed by atoms with Crippen molar-refractivity contribution in [3.05, 3.63) is 54.2 Å². The van der Waals surface area contributed by atoms with Crippen molar-refractivity contribution in [2.45, 2.75) is 32.9 Å². The topological polar surface area (TPSA) is 70.4 Å². The number of fused-ring (bicyclic) bond motifs is 3. The second kappa shape index (κ2) is 7.21. The fourth-order valence-electron chi connectivity index (χ4n) is 4.20. The minimum absolute atomic E-state index is 0.315. The number of aromatic nitrogens is 4. The first-order chi connectivity index (χ1) is 14.5. The van der Waals surface area contributed by atoms with E-state index in [9.17, 15) is 4.39 Å². The van der Waals surface area contributed by atoms with Gasteiger partial charge in [0.25, 0.3) is 0 Å². The number of imidazole rings is 1. The van der Waals surface area contributed by atoms with Gasteiger partial charge in [-0.15, -0.1) is 0 Å². The molecule has 0 bridgehead atoms. The van der Waals surface area contributed by atoms with E-state index >= 15 is 0 Å². The van der Waals surface area contributed by atoms with Gasteiger partial charge < -0.3 is 15.5 Å². The summed E-state index contributed by atoms with van der Waals surface area (Å²) in [5.41, 5.74) is 3.43. The summed E-state index contributed by atoms with van der Waals surface area (Å²) >= 11 is 0. The largest absolute Gasteiger partial charge is 0.353 e. The number of aryl methyl sites for hydroxylation is 1. The summed E-state index contributed by atoms with van der Waals surface area (Å²) in [7, 11) is 0. The lowest BCUT2D eigenvalue weighted by atomic mass is 10.1. The van der Waals surface area contributed by atoms with Crippen LogP contribution in [0.15, 0.2) is 42.9 Å². The number of halogens is 1. The van der Waals surface area contributed by atoms with E-state index < -0.39 is 0 Å². The van der Waals surface area contributed by atoms with Crippen LogP contribution in [0.4, 0.5) is 21.7 Å². The van der Waals surface area contributed by atoms with Crippen LogP contribution in [-0.2, 0) is 0 Å². The number of anilines is 3. The second-order valence-corrected chi connectivity index (χ2v) is 8.05. The Morgan fingerprint density at radius 3 is 2.67 bits per heavy atom. The molecule has 0 radical (unpaired) electrons. The van der Waals surface area contributed by atoms with Crippen LogP contribution in [0.25, 0.3) is 16.7 Å². The number of hydrogen-bond donors (Lipinski definition) is 2. The van der Waals surface area contributed by atoms with Crippen molar-refractivity contribution in [1.29, 1.82) is 0 Å². The molecule has 1 fully saturated rings. The van der Waals surface area contributed by atoms with E-state index in [2.05, 4.69) is 34.4 Å². The smallest absolute Gasteiger partial charge is 0.166 e. The van der Waals surface area contributed by atoms with Gasteiger partial charge in [0.15, 0.2) is 11.5 Å². The molecular weight excluding hydrogens is 381 g/mol. The molecule has 30 heavy (non-hydrogen) atoms. The molecule has 4 heterocycles. The SMILES string of the molecule is Cc1cccc(F)c1Nc1nc2ccc(N3CC(C)NC(C)C3)nc2n2cncc12. The van der Waals surface area contributed by atoms with Gasteiger partial charge in [-0.3, -0.25) is 4.40 Å². The van der Waals surface area contributed by atoms with E-state index in [1.165, 1.54) is 6.07 Å². The zero-order valence-corrected chi connectivity index (χ0v) is 17.2. The van der Waals surface area contributed by atoms with Crippen LogP contribution in [0.1, 0.15) is 19.4 Å². The summed E-state index contributed by atoms with van der Waals surface area (Å²) in [5, 5.41) is 6.70. The molecule has 1 aromatic carbocycles. The lowest BCUT2D eigenvalue weighted by Gasteiger charge is -2.36. The third kappa shape index (κ3) is 3.23. The molecule has 8 heteroatoms. The van der Waals surface area contributed by atoms with Gasteiger partial charge in [-0.25, -0.2) is 19.3 Å². The Labute approximate surface area is 174 Å². The second-order valence-electron chi connectivity index (χ2n) is 8.05. The van der Waals surface area contributed by atoms with Crippen LogP contribution in [0, 0.1) is 12.7 Å². The normalized spacial score (nSPS) is 19.5. The number of para-hydroxylation sites is 1. The number of piperazine rings is 1. The number of hydrogen-bond acceptors (Lipinski definition) is 6. The quantitative estimate of drug-likeness (QED) is 0.542. The molecule has 0 spiro atoms. The van der Waals surface area contributed by atoms with Crippen molar-refractivity contribution >= 4 is 34.0 Å². The van der Waals surface area contributed by atoms with E-state index in [-0.39, 0.29) is 5.82 Å². The first kappa shape index (κ1) is 18.7. The Hall–Kier alpha value is -3.26. The molecule has 5 rings (SSSR count). The molecule has 1 aliphatic rings. The number of benzene rings is 1. The van der Waals surface area contributed by atoms with Crippen molar-refractivity contribution < 1.29 is 4.39 Å². The van der Waals surface area contributed by atoms with Crippen LogP contribution in [-0.4, -0.2) is 44.5 Å². The standard InChI is InChI=1S/C22H24FN7/c1-13-5-4-6-16(23)20(13)28-21-18-9-24-12-30(18)22-17(26-21)7-8-19(27-22)29-10-14(2)25-15(3)11-29/h4-9,12,14-15,25H,10-11H2,1-3H3,(H,26,28). The maximum absolute atomic E-state index is 14.4. The maximum atomic E-state index is 14.4. The minimum atomic E-state index is -0.315. The summed E-state index contributed by atoms with van der Waals surface area (Å²) in [6.45, 7) is 8.03. The monoisotopic (exact) mass is 405 g/mol. The summed E-state index contributed by atoms with van der Waals surface area (Å²) in [5.74, 6) is 1.15. The van der Waals surface area contributed by atoms with E-state index in [1.54, 1.807) is 18.6 Å². The molecule has 3 aromatic heterocycles. The highest BCUT2D eigenvalue weighted by Gasteiger charge is 2.22. The highest BCUT2D eigenvalue weighted by molar-refractivity contribution is 5.85. The van der Waals surface area contributed by atoms with Crippen LogP contribution in [0.5, 0.6) is 0 Å². The first-order valence-electron chi connectivity index (χ1n) is 10.2. The first-order valence-corrected chi connectivity index (χ1v) is 10.2. The molecule has 0 aliphatic carbocycles.